The molecular weight excluding hydrogens is 357 g/mol. The summed E-state index contributed by atoms with van der Waals surface area (Å²) in [4.78, 5) is 28.4. The van der Waals surface area contributed by atoms with Crippen molar-refractivity contribution < 1.29 is 9.59 Å². The first-order valence-corrected chi connectivity index (χ1v) is 8.83. The van der Waals surface area contributed by atoms with Crippen LogP contribution in [0.4, 0.5) is 5.69 Å². The van der Waals surface area contributed by atoms with Crippen LogP contribution in [-0.4, -0.2) is 28.3 Å². The molecule has 5 nitrogen and oxygen atoms in total. The van der Waals surface area contributed by atoms with E-state index in [0.29, 0.717) is 15.9 Å². The van der Waals surface area contributed by atoms with E-state index >= 15 is 0 Å². The molecule has 1 aliphatic heterocycles. The number of hydrogen-bond acceptors (Lipinski definition) is 4. The van der Waals surface area contributed by atoms with Gasteiger partial charge in [0.1, 0.15) is 5.25 Å². The van der Waals surface area contributed by atoms with Gasteiger partial charge in [0.15, 0.2) is 5.17 Å². The zero-order valence-electron chi connectivity index (χ0n) is 12.7. The molecule has 1 aromatic rings. The maximum Gasteiger partial charge on any atom is 0.240 e. The highest BCUT2D eigenvalue weighted by molar-refractivity contribution is 8.15. The lowest BCUT2D eigenvalue weighted by Gasteiger charge is -2.09. The second-order valence-electron chi connectivity index (χ2n) is 5.14. The number of aliphatic imine (C=N–C) groups is 1. The van der Waals surface area contributed by atoms with Crippen molar-refractivity contribution in [3.63, 3.8) is 0 Å². The Morgan fingerprint density at radius 2 is 2.22 bits per heavy atom. The van der Waals surface area contributed by atoms with Gasteiger partial charge >= 0.3 is 0 Å². The zero-order chi connectivity index (χ0) is 17.0. The lowest BCUT2D eigenvalue weighted by molar-refractivity contribution is -0.122. The van der Waals surface area contributed by atoms with Crippen LogP contribution in [0.15, 0.2) is 23.2 Å². The van der Waals surface area contributed by atoms with Gasteiger partial charge < -0.3 is 10.6 Å². The number of amides is 2. The van der Waals surface area contributed by atoms with Crippen molar-refractivity contribution in [2.45, 2.75) is 38.0 Å². The Bertz CT molecular complexity index is 652. The average Bonchev–Trinajstić information content (AvgIpc) is 2.83. The van der Waals surface area contributed by atoms with Crippen LogP contribution in [0, 0.1) is 0 Å². The smallest absolute Gasteiger partial charge is 0.240 e. The topological polar surface area (TPSA) is 70.6 Å². The predicted octanol–water partition coefficient (Wildman–Crippen LogP) is 3.71. The average molecular weight is 374 g/mol. The summed E-state index contributed by atoms with van der Waals surface area (Å²) in [5, 5.41) is 6.11. The van der Waals surface area contributed by atoms with Crippen molar-refractivity contribution in [3.05, 3.63) is 28.2 Å². The summed E-state index contributed by atoms with van der Waals surface area (Å²) < 4.78 is 0. The molecule has 1 aromatic carbocycles. The molecule has 0 spiro atoms. The molecule has 2 rings (SSSR count). The van der Waals surface area contributed by atoms with Gasteiger partial charge in [-0.2, -0.15) is 0 Å². The molecule has 1 fully saturated rings. The Labute approximate surface area is 149 Å². The zero-order valence-corrected chi connectivity index (χ0v) is 15.1. The van der Waals surface area contributed by atoms with Crippen molar-refractivity contribution in [1.82, 2.24) is 5.32 Å². The highest BCUT2D eigenvalue weighted by Gasteiger charge is 2.32. The molecule has 1 aliphatic rings. The van der Waals surface area contributed by atoms with Crippen LogP contribution in [0.2, 0.25) is 10.0 Å². The van der Waals surface area contributed by atoms with E-state index in [1.807, 2.05) is 13.8 Å². The van der Waals surface area contributed by atoms with Crippen LogP contribution in [0.1, 0.15) is 26.7 Å². The fourth-order valence-corrected chi connectivity index (χ4v) is 3.28. The SMILES string of the molecule is CC[C@H](C)N=C1NC(=O)[C@H](CC(=O)Nc2cccc(Cl)c2Cl)S1. The van der Waals surface area contributed by atoms with Crippen LogP contribution >= 0.6 is 35.0 Å². The first-order valence-electron chi connectivity index (χ1n) is 7.20. The van der Waals surface area contributed by atoms with Crippen LogP contribution in [0.3, 0.4) is 0 Å². The number of thioether (sulfide) groups is 1. The van der Waals surface area contributed by atoms with E-state index in [-0.39, 0.29) is 29.3 Å². The van der Waals surface area contributed by atoms with E-state index in [1.165, 1.54) is 11.8 Å². The third kappa shape index (κ3) is 4.86. The monoisotopic (exact) mass is 373 g/mol. The number of nitrogens with zero attached hydrogens (tertiary/aromatic N) is 1. The molecule has 0 radical (unpaired) electrons. The first-order chi connectivity index (χ1) is 10.9. The normalized spacial score (nSPS) is 20.4. The van der Waals surface area contributed by atoms with Crippen LogP contribution in [0.5, 0.6) is 0 Å². The molecule has 1 saturated heterocycles. The Hall–Kier alpha value is -1.24. The van der Waals surface area contributed by atoms with Crippen LogP contribution in [0.25, 0.3) is 0 Å². The summed E-state index contributed by atoms with van der Waals surface area (Å²) in [6.45, 7) is 4.00. The number of hydrogen-bond donors (Lipinski definition) is 2. The third-order valence-corrected chi connectivity index (χ3v) is 5.22. The maximum atomic E-state index is 12.1. The summed E-state index contributed by atoms with van der Waals surface area (Å²) in [6, 6.07) is 5.12. The molecule has 0 unspecified atom stereocenters. The van der Waals surface area contributed by atoms with Crippen molar-refractivity contribution in [3.8, 4) is 0 Å². The fraction of sp³-hybridized carbons (Fsp3) is 0.400. The number of halogens is 2. The van der Waals surface area contributed by atoms with Gasteiger partial charge in [-0.1, -0.05) is 48.0 Å². The number of rotatable bonds is 5. The lowest BCUT2D eigenvalue weighted by atomic mass is 10.2. The van der Waals surface area contributed by atoms with Gasteiger partial charge in [-0.15, -0.1) is 0 Å². The van der Waals surface area contributed by atoms with Gasteiger partial charge in [-0.05, 0) is 25.5 Å². The van der Waals surface area contributed by atoms with Crippen molar-refractivity contribution >= 4 is 57.6 Å². The quantitative estimate of drug-likeness (QED) is 0.826. The van der Waals surface area contributed by atoms with E-state index in [2.05, 4.69) is 15.6 Å². The molecule has 2 amide bonds. The van der Waals surface area contributed by atoms with E-state index in [0.717, 1.165) is 6.42 Å². The minimum absolute atomic E-state index is 0.0405. The lowest BCUT2D eigenvalue weighted by Crippen LogP contribution is -2.28. The van der Waals surface area contributed by atoms with E-state index in [1.54, 1.807) is 18.2 Å². The Morgan fingerprint density at radius 3 is 2.91 bits per heavy atom. The van der Waals surface area contributed by atoms with E-state index in [9.17, 15) is 9.59 Å². The predicted molar refractivity (Wildman–Crippen MR) is 96.4 cm³/mol. The summed E-state index contributed by atoms with van der Waals surface area (Å²) in [5.41, 5.74) is 0.432. The van der Waals surface area contributed by atoms with E-state index in [4.69, 9.17) is 23.2 Å². The Kier molecular flexibility index (Phi) is 6.33. The summed E-state index contributed by atoms with van der Waals surface area (Å²) in [6.07, 6.45) is 0.928. The van der Waals surface area contributed by atoms with Crippen molar-refractivity contribution in [2.75, 3.05) is 5.32 Å². The first kappa shape index (κ1) is 18.1. The second-order valence-corrected chi connectivity index (χ2v) is 7.12. The number of carbonyl (C=O) groups is 2. The van der Waals surface area contributed by atoms with Crippen molar-refractivity contribution in [1.29, 1.82) is 0 Å². The number of carbonyl (C=O) groups excluding carboxylic acids is 2. The number of nitrogens with one attached hydrogen (secondary N) is 2. The number of benzene rings is 1. The second kappa shape index (κ2) is 8.04. The third-order valence-electron chi connectivity index (χ3n) is 3.30. The van der Waals surface area contributed by atoms with Crippen LogP contribution in [-0.2, 0) is 9.59 Å². The van der Waals surface area contributed by atoms with Gasteiger partial charge in [0, 0.05) is 12.5 Å². The highest BCUT2D eigenvalue weighted by Crippen LogP contribution is 2.30. The molecule has 0 bridgehead atoms. The molecule has 2 N–H and O–H groups in total. The fourth-order valence-electron chi connectivity index (χ4n) is 1.86. The van der Waals surface area contributed by atoms with Gasteiger partial charge in [-0.25, -0.2) is 0 Å². The Morgan fingerprint density at radius 1 is 1.48 bits per heavy atom. The Balaban J connectivity index is 1.97. The molecule has 23 heavy (non-hydrogen) atoms. The van der Waals surface area contributed by atoms with E-state index < -0.39 is 5.25 Å². The minimum atomic E-state index is -0.490. The van der Waals surface area contributed by atoms with Gasteiger partial charge in [0.25, 0.3) is 0 Å². The molecule has 8 heteroatoms. The summed E-state index contributed by atoms with van der Waals surface area (Å²) in [5.74, 6) is -0.504. The van der Waals surface area contributed by atoms with Gasteiger partial charge in [0.05, 0.1) is 15.7 Å². The standard InChI is InChI=1S/C15H17Cl2N3O2S/c1-3-8(2)18-15-20-14(22)11(23-15)7-12(21)19-10-6-4-5-9(16)13(10)17/h4-6,8,11H,3,7H2,1-2H3,(H,19,21)(H,18,20,22)/t8-,11-/m0/s1. The molecular formula is C15H17Cl2N3O2S. The minimum Gasteiger partial charge on any atom is -0.325 e. The molecule has 124 valence electrons. The molecule has 0 aliphatic carbocycles. The molecule has 0 saturated carbocycles. The van der Waals surface area contributed by atoms with Gasteiger partial charge in [0.2, 0.25) is 11.8 Å². The van der Waals surface area contributed by atoms with Gasteiger partial charge in [-0.3, -0.25) is 14.6 Å². The highest BCUT2D eigenvalue weighted by atomic mass is 35.5. The van der Waals surface area contributed by atoms with Crippen LogP contribution < -0.4 is 10.6 Å². The molecule has 2 atom stereocenters. The number of amidine groups is 1. The number of anilines is 1. The maximum absolute atomic E-state index is 12.1. The summed E-state index contributed by atoms with van der Waals surface area (Å²) >= 11 is 13.2. The largest absolute Gasteiger partial charge is 0.325 e. The molecule has 1 heterocycles. The van der Waals surface area contributed by atoms with Crippen molar-refractivity contribution in [2.24, 2.45) is 4.99 Å². The summed E-state index contributed by atoms with van der Waals surface area (Å²) in [7, 11) is 0. The molecule has 0 aromatic heterocycles.